The SMILES string of the molecule is CC1(C)O/C(=C2/C(=O)Nc3cc(F)ccc32)C=C1c1ccnc(NCCN2CCOCC2)c1. The highest BCUT2D eigenvalue weighted by molar-refractivity contribution is 6.32. The monoisotopic (exact) mass is 450 g/mol. The molecular formula is C25H27FN4O3. The fraction of sp³-hybridized carbons (Fsp3) is 0.360. The third-order valence-electron chi connectivity index (χ3n) is 6.17. The number of benzene rings is 1. The number of nitrogens with one attached hydrogen (secondary N) is 2. The maximum atomic E-state index is 13.6. The third kappa shape index (κ3) is 4.36. The molecule has 4 heterocycles. The summed E-state index contributed by atoms with van der Waals surface area (Å²) in [5, 5.41) is 6.13. The molecule has 3 aliphatic heterocycles. The van der Waals surface area contributed by atoms with Gasteiger partial charge in [-0.05, 0) is 55.8 Å². The molecule has 0 aliphatic carbocycles. The molecule has 0 radical (unpaired) electrons. The van der Waals surface area contributed by atoms with Gasteiger partial charge in [-0.2, -0.15) is 0 Å². The van der Waals surface area contributed by atoms with Crippen molar-refractivity contribution in [2.24, 2.45) is 0 Å². The topological polar surface area (TPSA) is 75.7 Å². The first kappa shape index (κ1) is 21.6. The lowest BCUT2D eigenvalue weighted by Gasteiger charge is -2.26. The number of allylic oxidation sites excluding steroid dienone is 1. The number of carbonyl (C=O) groups is 1. The van der Waals surface area contributed by atoms with E-state index < -0.39 is 11.4 Å². The van der Waals surface area contributed by atoms with Crippen LogP contribution in [-0.2, 0) is 14.3 Å². The largest absolute Gasteiger partial charge is 0.482 e. The summed E-state index contributed by atoms with van der Waals surface area (Å²) in [5.41, 5.74) is 2.80. The van der Waals surface area contributed by atoms with E-state index in [-0.39, 0.29) is 5.91 Å². The van der Waals surface area contributed by atoms with Gasteiger partial charge in [0.25, 0.3) is 5.91 Å². The standard InChI is InChI=1S/C25H27FN4O3/c1-25(2)19(15-21(33-25)23-18-4-3-17(26)14-20(18)29-24(23)31)16-5-6-27-22(13-16)28-7-8-30-9-11-32-12-10-30/h3-6,13-15H,7-12H2,1-2H3,(H,27,28)(H,29,31)/b23-21+. The number of fused-ring (bicyclic) bond motifs is 1. The second-order valence-electron chi connectivity index (χ2n) is 8.86. The van der Waals surface area contributed by atoms with E-state index in [0.717, 1.165) is 56.3 Å². The summed E-state index contributed by atoms with van der Waals surface area (Å²) in [6.45, 7) is 9.13. The van der Waals surface area contributed by atoms with Gasteiger partial charge in [-0.1, -0.05) is 0 Å². The van der Waals surface area contributed by atoms with Gasteiger partial charge in [0.1, 0.15) is 23.0 Å². The molecular weight excluding hydrogens is 423 g/mol. The normalized spacial score (nSPS) is 21.9. The average Bonchev–Trinajstić information content (AvgIpc) is 3.28. The van der Waals surface area contributed by atoms with Crippen molar-refractivity contribution >= 4 is 28.6 Å². The maximum absolute atomic E-state index is 13.6. The molecule has 2 N–H and O–H groups in total. The molecule has 1 amide bonds. The first-order chi connectivity index (χ1) is 15.9. The van der Waals surface area contributed by atoms with Gasteiger partial charge in [-0.3, -0.25) is 9.69 Å². The molecule has 1 aromatic heterocycles. The van der Waals surface area contributed by atoms with Crippen molar-refractivity contribution in [2.45, 2.75) is 19.4 Å². The van der Waals surface area contributed by atoms with Gasteiger partial charge in [-0.15, -0.1) is 0 Å². The van der Waals surface area contributed by atoms with Crippen molar-refractivity contribution < 1.29 is 18.7 Å². The van der Waals surface area contributed by atoms with E-state index in [0.29, 0.717) is 22.6 Å². The Kier molecular flexibility index (Phi) is 5.64. The molecule has 0 atom stereocenters. The number of morpholine rings is 1. The second-order valence-corrected chi connectivity index (χ2v) is 8.86. The Morgan fingerprint density at radius 3 is 2.85 bits per heavy atom. The molecule has 1 saturated heterocycles. The zero-order valence-electron chi connectivity index (χ0n) is 18.8. The van der Waals surface area contributed by atoms with Crippen molar-refractivity contribution in [1.29, 1.82) is 0 Å². The lowest BCUT2D eigenvalue weighted by atomic mass is 9.92. The van der Waals surface area contributed by atoms with Crippen LogP contribution in [0.25, 0.3) is 11.1 Å². The van der Waals surface area contributed by atoms with Crippen molar-refractivity contribution in [3.63, 3.8) is 0 Å². The van der Waals surface area contributed by atoms with Gasteiger partial charge in [0.05, 0.1) is 24.5 Å². The van der Waals surface area contributed by atoms with E-state index in [1.54, 1.807) is 12.3 Å². The first-order valence-corrected chi connectivity index (χ1v) is 11.2. The van der Waals surface area contributed by atoms with E-state index in [1.807, 2.05) is 32.1 Å². The Labute approximate surface area is 192 Å². The van der Waals surface area contributed by atoms with Crippen LogP contribution in [0, 0.1) is 5.82 Å². The summed E-state index contributed by atoms with van der Waals surface area (Å²) in [4.78, 5) is 19.5. The van der Waals surface area contributed by atoms with Crippen LogP contribution in [0.1, 0.15) is 25.0 Å². The Bertz CT molecular complexity index is 1150. The molecule has 2 aromatic rings. The number of ether oxygens (including phenoxy) is 2. The first-order valence-electron chi connectivity index (χ1n) is 11.2. The molecule has 7 nitrogen and oxygen atoms in total. The van der Waals surface area contributed by atoms with Crippen LogP contribution in [0.15, 0.2) is 48.4 Å². The van der Waals surface area contributed by atoms with Crippen molar-refractivity contribution in [1.82, 2.24) is 9.88 Å². The summed E-state index contributed by atoms with van der Waals surface area (Å²) < 4.78 is 25.2. The summed E-state index contributed by atoms with van der Waals surface area (Å²) in [6.07, 6.45) is 3.68. The van der Waals surface area contributed by atoms with Gasteiger partial charge < -0.3 is 20.1 Å². The van der Waals surface area contributed by atoms with Crippen LogP contribution in [0.3, 0.4) is 0 Å². The van der Waals surface area contributed by atoms with Crippen molar-refractivity contribution in [2.75, 3.05) is 50.0 Å². The van der Waals surface area contributed by atoms with Gasteiger partial charge in [0, 0.05) is 43.5 Å². The molecule has 0 spiro atoms. The molecule has 8 heteroatoms. The number of nitrogens with zero attached hydrogens (tertiary/aromatic N) is 2. The van der Waals surface area contributed by atoms with Gasteiger partial charge in [0.2, 0.25) is 0 Å². The lowest BCUT2D eigenvalue weighted by Crippen LogP contribution is -2.39. The molecule has 172 valence electrons. The number of amides is 1. The Hall–Kier alpha value is -3.23. The fourth-order valence-electron chi connectivity index (χ4n) is 4.47. The van der Waals surface area contributed by atoms with E-state index in [9.17, 15) is 9.18 Å². The van der Waals surface area contributed by atoms with Crippen LogP contribution in [0.4, 0.5) is 15.9 Å². The summed E-state index contributed by atoms with van der Waals surface area (Å²) in [6, 6.07) is 8.22. The van der Waals surface area contributed by atoms with Crippen molar-refractivity contribution in [3.8, 4) is 0 Å². The number of pyridine rings is 1. The van der Waals surface area contributed by atoms with Crippen molar-refractivity contribution in [3.05, 3.63) is 65.3 Å². The summed E-state index contributed by atoms with van der Waals surface area (Å²) in [5.74, 6) is 0.586. The minimum absolute atomic E-state index is 0.293. The summed E-state index contributed by atoms with van der Waals surface area (Å²) >= 11 is 0. The molecule has 5 rings (SSSR count). The molecule has 1 fully saturated rings. The zero-order valence-corrected chi connectivity index (χ0v) is 18.8. The quantitative estimate of drug-likeness (QED) is 0.679. The fourth-order valence-corrected chi connectivity index (χ4v) is 4.47. The smallest absolute Gasteiger partial charge is 0.260 e. The van der Waals surface area contributed by atoms with Crippen LogP contribution < -0.4 is 10.6 Å². The highest BCUT2D eigenvalue weighted by atomic mass is 19.1. The van der Waals surface area contributed by atoms with Crippen LogP contribution in [0.5, 0.6) is 0 Å². The average molecular weight is 451 g/mol. The van der Waals surface area contributed by atoms with E-state index >= 15 is 0 Å². The number of anilines is 2. The van der Waals surface area contributed by atoms with Crippen LogP contribution >= 0.6 is 0 Å². The van der Waals surface area contributed by atoms with E-state index in [4.69, 9.17) is 9.47 Å². The minimum atomic E-state index is -0.641. The van der Waals surface area contributed by atoms with Crippen LogP contribution in [0.2, 0.25) is 0 Å². The molecule has 33 heavy (non-hydrogen) atoms. The number of hydrogen-bond acceptors (Lipinski definition) is 6. The summed E-state index contributed by atoms with van der Waals surface area (Å²) in [7, 11) is 0. The molecule has 0 saturated carbocycles. The number of hydrogen-bond donors (Lipinski definition) is 2. The van der Waals surface area contributed by atoms with Gasteiger partial charge in [0.15, 0.2) is 0 Å². The minimum Gasteiger partial charge on any atom is -0.482 e. The van der Waals surface area contributed by atoms with Gasteiger partial charge >= 0.3 is 0 Å². The zero-order chi connectivity index (χ0) is 23.0. The number of rotatable bonds is 5. The Morgan fingerprint density at radius 1 is 1.21 bits per heavy atom. The highest BCUT2D eigenvalue weighted by Crippen LogP contribution is 2.44. The van der Waals surface area contributed by atoms with Crippen LogP contribution in [-0.4, -0.2) is 60.8 Å². The Balaban J connectivity index is 1.39. The highest BCUT2D eigenvalue weighted by Gasteiger charge is 2.38. The molecule has 0 bridgehead atoms. The molecule has 0 unspecified atom stereocenters. The van der Waals surface area contributed by atoms with Gasteiger partial charge in [-0.25, -0.2) is 9.37 Å². The second kappa shape index (κ2) is 8.61. The number of aromatic nitrogens is 1. The number of halogens is 1. The van der Waals surface area contributed by atoms with E-state index in [1.165, 1.54) is 12.1 Å². The van der Waals surface area contributed by atoms with E-state index in [2.05, 4.69) is 20.5 Å². The number of carbonyl (C=O) groups excluding carboxylic acids is 1. The third-order valence-corrected chi connectivity index (χ3v) is 6.17. The predicted molar refractivity (Wildman–Crippen MR) is 125 cm³/mol. The Morgan fingerprint density at radius 2 is 2.03 bits per heavy atom. The maximum Gasteiger partial charge on any atom is 0.260 e. The molecule has 3 aliphatic rings. The lowest BCUT2D eigenvalue weighted by molar-refractivity contribution is -0.111. The predicted octanol–water partition coefficient (Wildman–Crippen LogP) is 3.52. The molecule has 1 aromatic carbocycles.